The van der Waals surface area contributed by atoms with Crippen molar-refractivity contribution in [3.63, 3.8) is 0 Å². The van der Waals surface area contributed by atoms with Gasteiger partial charge in [0.05, 0.1) is 29.1 Å². The molecule has 0 aliphatic carbocycles. The van der Waals surface area contributed by atoms with Gasteiger partial charge in [-0.25, -0.2) is 4.98 Å². The zero-order chi connectivity index (χ0) is 55.0. The molecule has 0 saturated heterocycles. The van der Waals surface area contributed by atoms with Gasteiger partial charge in [0, 0.05) is 51.3 Å². The normalized spacial score (nSPS) is 14.1. The Morgan fingerprint density at radius 1 is 0.364 bits per heavy atom. The van der Waals surface area contributed by atoms with Gasteiger partial charge in [0.1, 0.15) is 17.3 Å². The smallest absolute Gasteiger partial charge is 0.137 e. The lowest BCUT2D eigenvalue weighted by atomic mass is 9.73. The number of pyridine rings is 1. The van der Waals surface area contributed by atoms with E-state index >= 15 is 0 Å². The number of anilines is 2. The van der Waals surface area contributed by atoms with Crippen molar-refractivity contribution in [2.24, 2.45) is 0 Å². The van der Waals surface area contributed by atoms with Crippen LogP contribution < -0.4 is 14.5 Å². The summed E-state index contributed by atoms with van der Waals surface area (Å²) in [6, 6.07) is 65.0. The average molecular weight is 1020 g/mol. The molecular formula is C72H80N4O. The number of nitrogens with zero attached hydrogens (tertiary/aromatic N) is 4. The van der Waals surface area contributed by atoms with Gasteiger partial charge in [0.25, 0.3) is 0 Å². The minimum atomic E-state index is -0.459. The lowest BCUT2D eigenvalue weighted by molar-refractivity contribution is 0.483. The molecule has 5 heteroatoms. The first-order chi connectivity index (χ1) is 36.2. The molecule has 5 nitrogen and oxygen atoms in total. The highest BCUT2D eigenvalue weighted by atomic mass is 16.5. The van der Waals surface area contributed by atoms with Crippen molar-refractivity contribution >= 4 is 33.2 Å². The summed E-state index contributed by atoms with van der Waals surface area (Å²) in [5.41, 5.74) is 15.7. The van der Waals surface area contributed by atoms with E-state index in [0.717, 1.165) is 50.6 Å². The van der Waals surface area contributed by atoms with Gasteiger partial charge in [-0.05, 0) is 127 Å². The number of ether oxygens (including phenoxy) is 1. The van der Waals surface area contributed by atoms with E-state index < -0.39 is 10.8 Å². The van der Waals surface area contributed by atoms with Crippen molar-refractivity contribution in [2.75, 3.05) is 16.5 Å². The number of aromatic nitrogens is 2. The summed E-state index contributed by atoms with van der Waals surface area (Å²) < 4.78 is 9.61. The van der Waals surface area contributed by atoms with Crippen LogP contribution >= 0.6 is 0 Å². The molecule has 0 fully saturated rings. The average Bonchev–Trinajstić information content (AvgIpc) is 4.04. The highest BCUT2D eigenvalue weighted by molar-refractivity contribution is 6.10. The third kappa shape index (κ3) is 10.2. The second-order valence-electron chi connectivity index (χ2n) is 26.8. The summed E-state index contributed by atoms with van der Waals surface area (Å²) in [6.07, 6.45) is 1.95. The minimum absolute atomic E-state index is 0.0147. The maximum atomic E-state index is 7.29. The van der Waals surface area contributed by atoms with Crippen LogP contribution in [0.5, 0.6) is 11.5 Å². The quantitative estimate of drug-likeness (QED) is 0.137. The van der Waals surface area contributed by atoms with E-state index in [1.807, 2.05) is 6.20 Å². The Morgan fingerprint density at radius 3 is 1.40 bits per heavy atom. The maximum Gasteiger partial charge on any atom is 0.137 e. The van der Waals surface area contributed by atoms with Crippen molar-refractivity contribution in [2.45, 2.75) is 143 Å². The number of allylic oxidation sites excluding steroid dienone is 2. The molecule has 0 bridgehead atoms. The fourth-order valence-electron chi connectivity index (χ4n) is 11.4. The van der Waals surface area contributed by atoms with Crippen LogP contribution in [0, 0.1) is 0 Å². The Bertz CT molecular complexity index is 3630. The minimum Gasteiger partial charge on any atom is -0.457 e. The van der Waals surface area contributed by atoms with Crippen LogP contribution in [-0.4, -0.2) is 16.2 Å². The van der Waals surface area contributed by atoms with E-state index in [0.29, 0.717) is 6.67 Å². The third-order valence-electron chi connectivity index (χ3n) is 16.2. The van der Waals surface area contributed by atoms with Crippen LogP contribution in [0.2, 0.25) is 0 Å². The molecule has 0 spiro atoms. The molecule has 0 amide bonds. The molecule has 0 N–H and O–H groups in total. The van der Waals surface area contributed by atoms with E-state index in [-0.39, 0.29) is 21.7 Å². The van der Waals surface area contributed by atoms with E-state index in [2.05, 4.69) is 301 Å². The summed E-state index contributed by atoms with van der Waals surface area (Å²) in [6.45, 7) is 37.9. The SMILES string of the molecule is CC(C)(C)c1cc(N2CN(c3cc(Oc4ccc5c6cc(C(C)(C)C)ccc6n(-c6cc(C(C)(C)C)ccn6)c5c4)cc(-c4ccccc4)c3)C(C(C)(C)c3ccccc3)=C2C(C)(C)c2ccccc2)cc(C(C)(C)C)c1. The molecule has 3 heterocycles. The third-order valence-corrected chi connectivity index (χ3v) is 16.2. The van der Waals surface area contributed by atoms with Gasteiger partial charge in [-0.2, -0.15) is 0 Å². The Hall–Kier alpha value is -7.37. The molecule has 0 atom stereocenters. The molecule has 1 aliphatic heterocycles. The highest BCUT2D eigenvalue weighted by Crippen LogP contribution is 2.52. The first kappa shape index (κ1) is 53.0. The molecule has 9 aromatic rings. The summed E-state index contributed by atoms with van der Waals surface area (Å²) in [7, 11) is 0. The van der Waals surface area contributed by atoms with Crippen LogP contribution in [0.15, 0.2) is 194 Å². The molecule has 0 saturated carbocycles. The number of rotatable bonds is 10. The summed E-state index contributed by atoms with van der Waals surface area (Å²) in [4.78, 5) is 10.3. The van der Waals surface area contributed by atoms with Gasteiger partial charge in [0.2, 0.25) is 0 Å². The van der Waals surface area contributed by atoms with Crippen LogP contribution in [0.1, 0.15) is 144 Å². The van der Waals surface area contributed by atoms with Gasteiger partial charge in [-0.15, -0.1) is 0 Å². The van der Waals surface area contributed by atoms with Crippen LogP contribution in [0.4, 0.5) is 11.4 Å². The summed E-state index contributed by atoms with van der Waals surface area (Å²) in [5.74, 6) is 2.40. The number of hydrogen-bond donors (Lipinski definition) is 0. The predicted octanol–water partition coefficient (Wildman–Crippen LogP) is 19.3. The summed E-state index contributed by atoms with van der Waals surface area (Å²) >= 11 is 0. The second-order valence-corrected chi connectivity index (χ2v) is 26.8. The molecule has 0 unspecified atom stereocenters. The second kappa shape index (κ2) is 19.3. The Kier molecular flexibility index (Phi) is 13.3. The fraction of sp³-hybridized carbons (Fsp3) is 0.319. The molecule has 394 valence electrons. The molecule has 77 heavy (non-hydrogen) atoms. The van der Waals surface area contributed by atoms with Crippen molar-refractivity contribution in [3.8, 4) is 28.4 Å². The predicted molar refractivity (Wildman–Crippen MR) is 328 cm³/mol. The van der Waals surface area contributed by atoms with Gasteiger partial charge in [0.15, 0.2) is 0 Å². The zero-order valence-electron chi connectivity index (χ0n) is 48.7. The summed E-state index contributed by atoms with van der Waals surface area (Å²) in [5, 5.41) is 2.36. The Labute approximate surface area is 460 Å². The first-order valence-electron chi connectivity index (χ1n) is 27.7. The van der Waals surface area contributed by atoms with E-state index in [9.17, 15) is 0 Å². The maximum absolute atomic E-state index is 7.29. The molecule has 10 rings (SSSR count). The zero-order valence-corrected chi connectivity index (χ0v) is 48.7. The standard InChI is InChI=1S/C72H80N4O/c1-67(2,3)52-32-35-62-61(43-52)60-34-33-58(46-63(60)76(62)64-44-53(36-37-73-64)68(4,5)6)77-59-39-49(48-26-20-17-21-27-48)38-56(45-59)74-47-75(57-41-54(69(7,8)9)40-55(42-57)70(10,11)12)66(72(15,16)51-30-24-19-25-31-51)65(74)71(13,14)50-28-22-18-23-29-50/h17-46H,47H2,1-16H3. The van der Waals surface area contributed by atoms with E-state index in [1.54, 1.807) is 0 Å². The van der Waals surface area contributed by atoms with E-state index in [1.165, 1.54) is 55.8 Å². The monoisotopic (exact) mass is 1020 g/mol. The molecule has 1 aliphatic rings. The molecule has 0 radical (unpaired) electrons. The van der Waals surface area contributed by atoms with Crippen LogP contribution in [-0.2, 0) is 32.5 Å². The topological polar surface area (TPSA) is 33.5 Å². The van der Waals surface area contributed by atoms with Gasteiger partial charge in [-0.1, -0.05) is 214 Å². The van der Waals surface area contributed by atoms with E-state index in [4.69, 9.17) is 9.72 Å². The van der Waals surface area contributed by atoms with Crippen molar-refractivity contribution in [3.05, 3.63) is 227 Å². The van der Waals surface area contributed by atoms with Crippen LogP contribution in [0.3, 0.4) is 0 Å². The fourth-order valence-corrected chi connectivity index (χ4v) is 11.4. The molecule has 2 aromatic heterocycles. The van der Waals surface area contributed by atoms with Crippen molar-refractivity contribution in [1.29, 1.82) is 0 Å². The lowest BCUT2D eigenvalue weighted by Crippen LogP contribution is -2.35. The van der Waals surface area contributed by atoms with Gasteiger partial charge < -0.3 is 14.5 Å². The number of fused-ring (bicyclic) bond motifs is 3. The van der Waals surface area contributed by atoms with Gasteiger partial charge in [-0.3, -0.25) is 4.57 Å². The Morgan fingerprint density at radius 2 is 0.870 bits per heavy atom. The van der Waals surface area contributed by atoms with Gasteiger partial charge >= 0.3 is 0 Å². The van der Waals surface area contributed by atoms with Crippen molar-refractivity contribution < 1.29 is 4.74 Å². The first-order valence-corrected chi connectivity index (χ1v) is 27.7. The Balaban J connectivity index is 1.21. The lowest BCUT2D eigenvalue weighted by Gasteiger charge is -2.38. The molecule has 7 aromatic carbocycles. The van der Waals surface area contributed by atoms with Crippen molar-refractivity contribution in [1.82, 2.24) is 9.55 Å². The largest absolute Gasteiger partial charge is 0.457 e. The molecular weight excluding hydrogens is 937 g/mol. The highest BCUT2D eigenvalue weighted by Gasteiger charge is 2.47. The number of benzene rings is 7. The number of hydrogen-bond acceptors (Lipinski definition) is 4. The van der Waals surface area contributed by atoms with Crippen LogP contribution in [0.25, 0.3) is 38.8 Å².